The first-order chi connectivity index (χ1) is 9.85. The highest BCUT2D eigenvalue weighted by molar-refractivity contribution is 5.83. The third-order valence-electron chi connectivity index (χ3n) is 2.91. The van der Waals surface area contributed by atoms with Crippen LogP contribution in [0.1, 0.15) is 24.1 Å². The molecule has 1 aromatic rings. The Bertz CT molecular complexity index is 633. The number of carbonyl (C=O) groups is 2. The number of hydrogen-bond acceptors (Lipinski definition) is 5. The maximum Gasteiger partial charge on any atom is 0.326 e. The first-order valence-electron chi connectivity index (χ1n) is 6.30. The number of carboxylic acids is 1. The van der Waals surface area contributed by atoms with Crippen LogP contribution in [0, 0.1) is 6.92 Å². The Morgan fingerprint density at radius 2 is 1.95 bits per heavy atom. The van der Waals surface area contributed by atoms with E-state index in [1.54, 1.807) is 0 Å². The average molecular weight is 299 g/mol. The maximum absolute atomic E-state index is 11.7. The molecule has 0 spiro atoms. The van der Waals surface area contributed by atoms with Crippen LogP contribution < -0.4 is 16.6 Å². The monoisotopic (exact) mass is 299 g/mol. The van der Waals surface area contributed by atoms with Gasteiger partial charge in [-0.1, -0.05) is 0 Å². The van der Waals surface area contributed by atoms with Gasteiger partial charge in [0.1, 0.15) is 6.04 Å². The molecule has 0 radical (unpaired) electrons. The highest BCUT2D eigenvalue weighted by Crippen LogP contribution is 2.01. The number of amides is 1. The summed E-state index contributed by atoms with van der Waals surface area (Å²) in [6, 6.07) is -1.17. The van der Waals surface area contributed by atoms with Crippen LogP contribution >= 0.6 is 0 Å². The summed E-state index contributed by atoms with van der Waals surface area (Å²) in [5.74, 6) is -1.80. The van der Waals surface area contributed by atoms with Crippen LogP contribution in [0.15, 0.2) is 9.59 Å². The van der Waals surface area contributed by atoms with Gasteiger partial charge in [0.2, 0.25) is 5.91 Å². The lowest BCUT2D eigenvalue weighted by Crippen LogP contribution is -2.41. The molecule has 1 atom stereocenters. The zero-order valence-electron chi connectivity index (χ0n) is 11.4. The number of aliphatic hydroxyl groups is 1. The topological polar surface area (TPSA) is 152 Å². The number of nitrogens with one attached hydrogen (secondary N) is 3. The molecule has 0 aliphatic heterocycles. The van der Waals surface area contributed by atoms with Crippen molar-refractivity contribution in [3.8, 4) is 0 Å². The van der Waals surface area contributed by atoms with Crippen molar-refractivity contribution in [2.45, 2.75) is 32.2 Å². The highest BCUT2D eigenvalue weighted by atomic mass is 16.4. The molecule has 0 fully saturated rings. The molecule has 1 amide bonds. The summed E-state index contributed by atoms with van der Waals surface area (Å²) in [6.45, 7) is 1.17. The number of H-pyrrole nitrogens is 2. The summed E-state index contributed by atoms with van der Waals surface area (Å²) in [7, 11) is 0. The van der Waals surface area contributed by atoms with E-state index in [-0.39, 0.29) is 31.4 Å². The molecule has 5 N–H and O–H groups in total. The minimum Gasteiger partial charge on any atom is -0.480 e. The Balaban J connectivity index is 2.67. The van der Waals surface area contributed by atoms with Gasteiger partial charge < -0.3 is 20.5 Å². The van der Waals surface area contributed by atoms with Crippen molar-refractivity contribution < 1.29 is 19.8 Å². The van der Waals surface area contributed by atoms with Crippen LogP contribution in [0.25, 0.3) is 0 Å². The molecule has 21 heavy (non-hydrogen) atoms. The van der Waals surface area contributed by atoms with Gasteiger partial charge in [-0.25, -0.2) is 9.59 Å². The standard InChI is InChI=1S/C12H17N3O6/c1-6-7(10(18)15-12(21)13-6)2-3-9(17)14-8(4-5-16)11(19)20/h8,16H,2-5H2,1H3,(H,14,17)(H,19,20)(H2,13,15,18,21). The maximum atomic E-state index is 11.7. The van der Waals surface area contributed by atoms with Crippen molar-refractivity contribution in [1.29, 1.82) is 0 Å². The van der Waals surface area contributed by atoms with Crippen LogP contribution in [0.4, 0.5) is 0 Å². The molecular formula is C12H17N3O6. The van der Waals surface area contributed by atoms with E-state index in [1.807, 2.05) is 0 Å². The van der Waals surface area contributed by atoms with E-state index in [1.165, 1.54) is 6.92 Å². The van der Waals surface area contributed by atoms with Crippen molar-refractivity contribution in [3.63, 3.8) is 0 Å². The largest absolute Gasteiger partial charge is 0.480 e. The molecular weight excluding hydrogens is 282 g/mol. The minimum absolute atomic E-state index is 0.0647. The molecule has 0 bridgehead atoms. The van der Waals surface area contributed by atoms with Gasteiger partial charge in [0.05, 0.1) is 0 Å². The number of rotatable bonds is 7. The van der Waals surface area contributed by atoms with E-state index < -0.39 is 29.2 Å². The summed E-state index contributed by atoms with van der Waals surface area (Å²) >= 11 is 0. The van der Waals surface area contributed by atoms with Crippen LogP contribution in [-0.4, -0.2) is 44.7 Å². The minimum atomic E-state index is -1.24. The number of hydrogen-bond donors (Lipinski definition) is 5. The van der Waals surface area contributed by atoms with E-state index >= 15 is 0 Å². The second-order valence-electron chi connectivity index (χ2n) is 4.48. The lowest BCUT2D eigenvalue weighted by Gasteiger charge is -2.13. The first-order valence-corrected chi connectivity index (χ1v) is 6.30. The highest BCUT2D eigenvalue weighted by Gasteiger charge is 2.19. The van der Waals surface area contributed by atoms with Gasteiger partial charge in [-0.05, 0) is 13.3 Å². The molecule has 0 saturated carbocycles. The number of carbonyl (C=O) groups excluding carboxylic acids is 1. The molecule has 1 heterocycles. The van der Waals surface area contributed by atoms with Crippen molar-refractivity contribution in [1.82, 2.24) is 15.3 Å². The van der Waals surface area contributed by atoms with Crippen molar-refractivity contribution in [2.24, 2.45) is 0 Å². The van der Waals surface area contributed by atoms with E-state index in [9.17, 15) is 19.2 Å². The van der Waals surface area contributed by atoms with Crippen molar-refractivity contribution in [2.75, 3.05) is 6.61 Å². The smallest absolute Gasteiger partial charge is 0.326 e. The molecule has 0 saturated heterocycles. The van der Waals surface area contributed by atoms with E-state index in [0.29, 0.717) is 5.69 Å². The summed E-state index contributed by atoms with van der Waals surface area (Å²) in [6.07, 6.45) is -0.139. The summed E-state index contributed by atoms with van der Waals surface area (Å²) in [5.41, 5.74) is -0.575. The van der Waals surface area contributed by atoms with E-state index in [4.69, 9.17) is 10.2 Å². The fourth-order valence-corrected chi connectivity index (χ4v) is 1.82. The number of aryl methyl sites for hydroxylation is 1. The van der Waals surface area contributed by atoms with Gasteiger partial charge in [0, 0.05) is 30.7 Å². The van der Waals surface area contributed by atoms with Gasteiger partial charge in [-0.15, -0.1) is 0 Å². The van der Waals surface area contributed by atoms with Crippen molar-refractivity contribution in [3.05, 3.63) is 32.1 Å². The zero-order chi connectivity index (χ0) is 16.0. The van der Waals surface area contributed by atoms with E-state index in [2.05, 4.69) is 15.3 Å². The Morgan fingerprint density at radius 3 is 2.48 bits per heavy atom. The number of aromatic amines is 2. The Hall–Kier alpha value is -2.42. The van der Waals surface area contributed by atoms with Gasteiger partial charge in [-0.2, -0.15) is 0 Å². The molecule has 9 nitrogen and oxygen atoms in total. The lowest BCUT2D eigenvalue weighted by atomic mass is 10.1. The predicted octanol–water partition coefficient (Wildman–Crippen LogP) is -1.74. The predicted molar refractivity (Wildman–Crippen MR) is 72.0 cm³/mol. The molecule has 1 aromatic heterocycles. The number of aliphatic carboxylic acids is 1. The van der Waals surface area contributed by atoms with Gasteiger partial charge >= 0.3 is 11.7 Å². The second-order valence-corrected chi connectivity index (χ2v) is 4.48. The third kappa shape index (κ3) is 4.88. The number of aromatic nitrogens is 2. The molecule has 0 aliphatic carbocycles. The lowest BCUT2D eigenvalue weighted by molar-refractivity contribution is -0.142. The van der Waals surface area contributed by atoms with Crippen LogP contribution in [-0.2, 0) is 16.0 Å². The number of carboxylic acid groups (broad SMARTS) is 1. The van der Waals surface area contributed by atoms with Gasteiger partial charge in [0.15, 0.2) is 0 Å². The third-order valence-corrected chi connectivity index (χ3v) is 2.91. The SMILES string of the molecule is Cc1[nH]c(=O)[nH]c(=O)c1CCC(=O)NC(CCO)C(=O)O. The quantitative estimate of drug-likeness (QED) is 0.403. The summed E-state index contributed by atoms with van der Waals surface area (Å²) in [4.78, 5) is 49.5. The first kappa shape index (κ1) is 16.6. The average Bonchev–Trinajstić information content (AvgIpc) is 2.36. The van der Waals surface area contributed by atoms with Gasteiger partial charge in [-0.3, -0.25) is 14.6 Å². The van der Waals surface area contributed by atoms with E-state index in [0.717, 1.165) is 0 Å². The second kappa shape index (κ2) is 7.39. The Labute approximate surface area is 119 Å². The molecule has 0 aromatic carbocycles. The zero-order valence-corrected chi connectivity index (χ0v) is 11.4. The fraction of sp³-hybridized carbons (Fsp3) is 0.500. The summed E-state index contributed by atoms with van der Waals surface area (Å²) < 4.78 is 0. The molecule has 1 rings (SSSR count). The molecule has 1 unspecified atom stereocenters. The molecule has 9 heteroatoms. The molecule has 0 aliphatic rings. The fourth-order valence-electron chi connectivity index (χ4n) is 1.82. The van der Waals surface area contributed by atoms with Crippen LogP contribution in [0.3, 0.4) is 0 Å². The number of aliphatic hydroxyl groups excluding tert-OH is 1. The van der Waals surface area contributed by atoms with Crippen LogP contribution in [0.2, 0.25) is 0 Å². The Morgan fingerprint density at radius 1 is 1.29 bits per heavy atom. The van der Waals surface area contributed by atoms with Crippen LogP contribution in [0.5, 0.6) is 0 Å². The van der Waals surface area contributed by atoms with Crippen molar-refractivity contribution >= 4 is 11.9 Å². The van der Waals surface area contributed by atoms with Gasteiger partial charge in [0.25, 0.3) is 5.56 Å². The summed E-state index contributed by atoms with van der Waals surface area (Å²) in [5, 5.41) is 19.8. The normalized spacial score (nSPS) is 11.9. The Kier molecular flexibility index (Phi) is 5.85. The molecule has 116 valence electrons.